The van der Waals surface area contributed by atoms with Crippen LogP contribution in [0, 0.1) is 0 Å². The van der Waals surface area contributed by atoms with Crippen molar-refractivity contribution < 1.29 is 19.8 Å². The highest BCUT2D eigenvalue weighted by Crippen LogP contribution is 2.07. The molecule has 0 aromatic carbocycles. The van der Waals surface area contributed by atoms with Crippen molar-refractivity contribution >= 4 is 11.9 Å². The van der Waals surface area contributed by atoms with Gasteiger partial charge in [0, 0.05) is 12.0 Å². The second-order valence-electron chi connectivity index (χ2n) is 4.61. The van der Waals surface area contributed by atoms with E-state index in [1.54, 1.807) is 13.8 Å². The number of hydrogen-bond acceptors (Lipinski definition) is 4. The van der Waals surface area contributed by atoms with Crippen molar-refractivity contribution in [2.75, 3.05) is 0 Å². The zero-order valence-corrected chi connectivity index (χ0v) is 9.86. The van der Waals surface area contributed by atoms with Gasteiger partial charge in [0.05, 0.1) is 6.10 Å². The zero-order chi connectivity index (χ0) is 12.9. The molecule has 2 atom stereocenters. The van der Waals surface area contributed by atoms with Gasteiger partial charge in [-0.3, -0.25) is 4.79 Å². The normalized spacial score (nSPS) is 15.3. The third-order valence-electron chi connectivity index (χ3n) is 2.06. The SMILES string of the molecule is CC(O)C(NC(=O)CCC(C)(C)N)C(=O)O. The number of carbonyl (C=O) groups excluding carboxylic acids is 1. The summed E-state index contributed by atoms with van der Waals surface area (Å²) in [7, 11) is 0. The van der Waals surface area contributed by atoms with E-state index in [1.807, 2.05) is 0 Å². The number of nitrogens with two attached hydrogens (primary N) is 1. The molecule has 0 saturated carbocycles. The quantitative estimate of drug-likeness (QED) is 0.491. The first-order chi connectivity index (χ1) is 7.13. The number of aliphatic carboxylic acids is 1. The maximum absolute atomic E-state index is 11.4. The maximum Gasteiger partial charge on any atom is 0.328 e. The highest BCUT2D eigenvalue weighted by Gasteiger charge is 2.25. The Morgan fingerprint density at radius 3 is 2.25 bits per heavy atom. The highest BCUT2D eigenvalue weighted by molar-refractivity contribution is 5.83. The number of carboxylic acid groups (broad SMARTS) is 1. The number of hydrogen-bond donors (Lipinski definition) is 4. The molecule has 0 fully saturated rings. The second-order valence-corrected chi connectivity index (χ2v) is 4.61. The fourth-order valence-electron chi connectivity index (χ4n) is 1.07. The van der Waals surface area contributed by atoms with Crippen LogP contribution in [0.3, 0.4) is 0 Å². The molecule has 2 unspecified atom stereocenters. The summed E-state index contributed by atoms with van der Waals surface area (Å²) in [4.78, 5) is 22.0. The molecule has 1 amide bonds. The van der Waals surface area contributed by atoms with Gasteiger partial charge in [0.1, 0.15) is 0 Å². The summed E-state index contributed by atoms with van der Waals surface area (Å²) < 4.78 is 0. The summed E-state index contributed by atoms with van der Waals surface area (Å²) in [6, 6.07) is -1.27. The number of aliphatic hydroxyl groups excluding tert-OH is 1. The average molecular weight is 232 g/mol. The number of nitrogens with one attached hydrogen (secondary N) is 1. The molecule has 0 spiro atoms. The molecule has 0 aliphatic rings. The number of carboxylic acids is 1. The predicted molar refractivity (Wildman–Crippen MR) is 58.7 cm³/mol. The highest BCUT2D eigenvalue weighted by atomic mass is 16.4. The minimum atomic E-state index is -1.27. The number of amides is 1. The van der Waals surface area contributed by atoms with E-state index < -0.39 is 29.6 Å². The summed E-state index contributed by atoms with van der Waals surface area (Å²) in [5.41, 5.74) is 5.22. The monoisotopic (exact) mass is 232 g/mol. The van der Waals surface area contributed by atoms with Crippen molar-refractivity contribution in [3.63, 3.8) is 0 Å². The largest absolute Gasteiger partial charge is 0.480 e. The van der Waals surface area contributed by atoms with Crippen LogP contribution in [-0.2, 0) is 9.59 Å². The van der Waals surface area contributed by atoms with E-state index in [0.717, 1.165) is 0 Å². The smallest absolute Gasteiger partial charge is 0.328 e. The van der Waals surface area contributed by atoms with Crippen LogP contribution in [0.1, 0.15) is 33.6 Å². The first kappa shape index (κ1) is 14.9. The van der Waals surface area contributed by atoms with Crippen molar-refractivity contribution in [1.29, 1.82) is 0 Å². The van der Waals surface area contributed by atoms with Crippen LogP contribution >= 0.6 is 0 Å². The van der Waals surface area contributed by atoms with E-state index in [-0.39, 0.29) is 6.42 Å². The molecular weight excluding hydrogens is 212 g/mol. The molecule has 16 heavy (non-hydrogen) atoms. The molecule has 0 bridgehead atoms. The first-order valence-corrected chi connectivity index (χ1v) is 5.12. The van der Waals surface area contributed by atoms with Gasteiger partial charge < -0.3 is 21.3 Å². The van der Waals surface area contributed by atoms with E-state index in [9.17, 15) is 9.59 Å². The molecule has 0 rings (SSSR count). The lowest BCUT2D eigenvalue weighted by Crippen LogP contribution is -2.48. The van der Waals surface area contributed by atoms with Crippen molar-refractivity contribution in [3.05, 3.63) is 0 Å². The zero-order valence-electron chi connectivity index (χ0n) is 9.86. The Hall–Kier alpha value is -1.14. The molecule has 6 heteroatoms. The van der Waals surface area contributed by atoms with Gasteiger partial charge in [0.15, 0.2) is 6.04 Å². The van der Waals surface area contributed by atoms with Gasteiger partial charge >= 0.3 is 5.97 Å². The Balaban J connectivity index is 4.17. The number of aliphatic hydroxyl groups is 1. The fraction of sp³-hybridized carbons (Fsp3) is 0.800. The molecular formula is C10H20N2O4. The van der Waals surface area contributed by atoms with Crippen molar-refractivity contribution in [3.8, 4) is 0 Å². The number of rotatable bonds is 6. The van der Waals surface area contributed by atoms with Gasteiger partial charge in [-0.25, -0.2) is 4.79 Å². The topological polar surface area (TPSA) is 113 Å². The van der Waals surface area contributed by atoms with E-state index in [1.165, 1.54) is 6.92 Å². The predicted octanol–water partition coefficient (Wildman–Crippen LogP) is -0.546. The summed E-state index contributed by atoms with van der Waals surface area (Å²) in [5.74, 6) is -1.68. The Labute approximate surface area is 94.8 Å². The van der Waals surface area contributed by atoms with Gasteiger partial charge in [-0.1, -0.05) is 0 Å². The van der Waals surface area contributed by atoms with Crippen LogP contribution in [0.2, 0.25) is 0 Å². The van der Waals surface area contributed by atoms with E-state index >= 15 is 0 Å². The summed E-state index contributed by atoms with van der Waals surface area (Å²) in [6.45, 7) is 4.87. The first-order valence-electron chi connectivity index (χ1n) is 5.12. The van der Waals surface area contributed by atoms with Crippen molar-refractivity contribution in [1.82, 2.24) is 5.32 Å². The fourth-order valence-corrected chi connectivity index (χ4v) is 1.07. The minimum Gasteiger partial charge on any atom is -0.480 e. The molecule has 0 aliphatic carbocycles. The maximum atomic E-state index is 11.4. The summed E-state index contributed by atoms with van der Waals surface area (Å²) >= 11 is 0. The lowest BCUT2D eigenvalue weighted by molar-refractivity contribution is -0.144. The minimum absolute atomic E-state index is 0.139. The van der Waals surface area contributed by atoms with Gasteiger partial charge in [0.2, 0.25) is 5.91 Å². The third kappa shape index (κ3) is 6.36. The molecule has 5 N–H and O–H groups in total. The van der Waals surface area contributed by atoms with Crippen LogP contribution in [-0.4, -0.2) is 39.8 Å². The molecule has 6 nitrogen and oxygen atoms in total. The molecule has 0 saturated heterocycles. The number of carbonyl (C=O) groups is 2. The molecule has 0 aromatic rings. The van der Waals surface area contributed by atoms with Gasteiger partial charge in [-0.2, -0.15) is 0 Å². The Morgan fingerprint density at radius 1 is 1.44 bits per heavy atom. The average Bonchev–Trinajstić information content (AvgIpc) is 2.08. The lowest BCUT2D eigenvalue weighted by Gasteiger charge is -2.20. The lowest BCUT2D eigenvalue weighted by atomic mass is 10.00. The third-order valence-corrected chi connectivity index (χ3v) is 2.06. The Kier molecular flexibility index (Phi) is 5.40. The van der Waals surface area contributed by atoms with Crippen LogP contribution < -0.4 is 11.1 Å². The van der Waals surface area contributed by atoms with E-state index in [0.29, 0.717) is 6.42 Å². The molecule has 0 aliphatic heterocycles. The van der Waals surface area contributed by atoms with E-state index in [2.05, 4.69) is 5.32 Å². The Morgan fingerprint density at radius 2 is 1.94 bits per heavy atom. The van der Waals surface area contributed by atoms with Crippen LogP contribution in [0.4, 0.5) is 0 Å². The van der Waals surface area contributed by atoms with Gasteiger partial charge in [-0.05, 0) is 27.2 Å². The van der Waals surface area contributed by atoms with Crippen molar-refractivity contribution in [2.45, 2.75) is 51.3 Å². The van der Waals surface area contributed by atoms with Crippen LogP contribution in [0.25, 0.3) is 0 Å². The van der Waals surface area contributed by atoms with E-state index in [4.69, 9.17) is 15.9 Å². The molecule has 0 radical (unpaired) electrons. The second kappa shape index (κ2) is 5.81. The summed E-state index contributed by atoms with van der Waals surface area (Å²) in [6.07, 6.45) is -0.544. The van der Waals surface area contributed by atoms with Crippen LogP contribution in [0.15, 0.2) is 0 Å². The molecule has 0 heterocycles. The standard InChI is InChI=1S/C10H20N2O4/c1-6(13)8(9(15)16)12-7(14)4-5-10(2,3)11/h6,8,13H,4-5,11H2,1-3H3,(H,12,14)(H,15,16). The van der Waals surface area contributed by atoms with Crippen molar-refractivity contribution in [2.24, 2.45) is 5.73 Å². The van der Waals surface area contributed by atoms with Crippen LogP contribution in [0.5, 0.6) is 0 Å². The molecule has 0 aromatic heterocycles. The Bertz CT molecular complexity index is 258. The molecule has 94 valence electrons. The van der Waals surface area contributed by atoms with Gasteiger partial charge in [0.25, 0.3) is 0 Å². The summed E-state index contributed by atoms with van der Waals surface area (Å²) in [5, 5.41) is 20.1. The van der Waals surface area contributed by atoms with Gasteiger partial charge in [-0.15, -0.1) is 0 Å².